The predicted molar refractivity (Wildman–Crippen MR) is 105 cm³/mol. The first-order valence-corrected chi connectivity index (χ1v) is 10.7. The second-order valence-corrected chi connectivity index (χ2v) is 9.17. The number of aromatic nitrogens is 3. The predicted octanol–water partition coefficient (Wildman–Crippen LogP) is 3.58. The van der Waals surface area contributed by atoms with Gasteiger partial charge in [-0.05, 0) is 36.4 Å². The van der Waals surface area contributed by atoms with E-state index in [1.54, 1.807) is 54.9 Å². The fourth-order valence-electron chi connectivity index (χ4n) is 2.63. The van der Waals surface area contributed by atoms with Crippen LogP contribution >= 0.6 is 11.3 Å². The van der Waals surface area contributed by atoms with Crippen molar-refractivity contribution >= 4 is 21.4 Å². The Hall–Kier alpha value is -2.88. The Kier molecular flexibility index (Phi) is 5.29. The van der Waals surface area contributed by atoms with Crippen LogP contribution in [-0.4, -0.2) is 27.8 Å². The van der Waals surface area contributed by atoms with E-state index in [1.165, 1.54) is 10.6 Å². The highest BCUT2D eigenvalue weighted by molar-refractivity contribution is 7.91. The summed E-state index contributed by atoms with van der Waals surface area (Å²) in [6, 6.07) is 15.9. The first kappa shape index (κ1) is 18.5. The summed E-state index contributed by atoms with van der Waals surface area (Å²) in [4.78, 5) is 9.26. The van der Waals surface area contributed by atoms with Crippen LogP contribution in [-0.2, 0) is 23.1 Å². The number of sulfonamides is 1. The van der Waals surface area contributed by atoms with Crippen molar-refractivity contribution < 1.29 is 12.9 Å². The molecular weight excluding hydrogens is 396 g/mol. The van der Waals surface area contributed by atoms with E-state index in [0.29, 0.717) is 17.1 Å². The molecule has 28 heavy (non-hydrogen) atoms. The monoisotopic (exact) mass is 412 g/mol. The molecule has 4 heterocycles. The average Bonchev–Trinajstić information content (AvgIpc) is 3.41. The highest BCUT2D eigenvalue weighted by Crippen LogP contribution is 2.32. The summed E-state index contributed by atoms with van der Waals surface area (Å²) in [6.45, 7) is 0.299. The van der Waals surface area contributed by atoms with Gasteiger partial charge in [-0.25, -0.2) is 8.42 Å². The van der Waals surface area contributed by atoms with Crippen LogP contribution in [0.5, 0.6) is 0 Å². The lowest BCUT2D eigenvalue weighted by Gasteiger charge is -2.20. The molecule has 0 saturated heterocycles. The van der Waals surface area contributed by atoms with E-state index >= 15 is 0 Å². The van der Waals surface area contributed by atoms with E-state index in [4.69, 9.17) is 4.52 Å². The Bertz CT molecular complexity index is 1090. The standard InChI is InChI=1S/C19H16N4O3S2/c24-28(25,19-8-7-18(27-19)17-9-12-26-22-17)23(13-15-5-1-3-10-20-15)14-16-6-2-4-11-21-16/h1-12H,13-14H2. The number of rotatable bonds is 7. The SMILES string of the molecule is O=S(=O)(c1ccc(-c2ccon2)s1)N(Cc1ccccn1)Cc1ccccn1. The van der Waals surface area contributed by atoms with E-state index in [2.05, 4.69) is 15.1 Å². The molecule has 0 fully saturated rings. The number of hydrogen-bond donors (Lipinski definition) is 0. The summed E-state index contributed by atoms with van der Waals surface area (Å²) >= 11 is 1.15. The minimum Gasteiger partial charge on any atom is -0.364 e. The molecule has 0 aliphatic heterocycles. The van der Waals surface area contributed by atoms with E-state index < -0.39 is 10.0 Å². The van der Waals surface area contributed by atoms with E-state index in [9.17, 15) is 8.42 Å². The van der Waals surface area contributed by atoms with Crippen LogP contribution in [0.4, 0.5) is 0 Å². The molecule has 0 radical (unpaired) electrons. The molecule has 4 aromatic rings. The molecule has 9 heteroatoms. The summed E-state index contributed by atoms with van der Waals surface area (Å²) in [7, 11) is -3.75. The molecule has 0 aromatic carbocycles. The van der Waals surface area contributed by atoms with Gasteiger partial charge in [0.15, 0.2) is 0 Å². The fraction of sp³-hybridized carbons (Fsp3) is 0.105. The molecule has 0 N–H and O–H groups in total. The molecule has 0 aliphatic carbocycles. The van der Waals surface area contributed by atoms with Crippen molar-refractivity contribution in [3.05, 3.63) is 84.6 Å². The third-order valence-corrected chi connectivity index (χ3v) is 7.36. The third-order valence-electron chi connectivity index (χ3n) is 3.99. The largest absolute Gasteiger partial charge is 0.364 e. The molecule has 0 amide bonds. The van der Waals surface area contributed by atoms with Gasteiger partial charge >= 0.3 is 0 Å². The number of pyridine rings is 2. The van der Waals surface area contributed by atoms with Crippen molar-refractivity contribution in [3.8, 4) is 10.6 Å². The number of hydrogen-bond acceptors (Lipinski definition) is 7. The van der Waals surface area contributed by atoms with Gasteiger partial charge in [0, 0.05) is 18.5 Å². The van der Waals surface area contributed by atoms with Crippen LogP contribution in [0.15, 0.2) is 82.0 Å². The highest BCUT2D eigenvalue weighted by Gasteiger charge is 2.28. The van der Waals surface area contributed by atoms with Crippen LogP contribution in [0.3, 0.4) is 0 Å². The summed E-state index contributed by atoms with van der Waals surface area (Å²) in [6.07, 6.45) is 4.75. The maximum Gasteiger partial charge on any atom is 0.253 e. The Labute approximate surface area is 166 Å². The van der Waals surface area contributed by atoms with Gasteiger partial charge in [-0.3, -0.25) is 9.97 Å². The van der Waals surface area contributed by atoms with Gasteiger partial charge in [0.1, 0.15) is 16.2 Å². The molecule has 4 aromatic heterocycles. The van der Waals surface area contributed by atoms with Crippen LogP contribution < -0.4 is 0 Å². The molecule has 0 bridgehead atoms. The molecule has 0 atom stereocenters. The molecule has 0 spiro atoms. The zero-order chi connectivity index (χ0) is 19.4. The van der Waals surface area contributed by atoms with E-state index in [0.717, 1.165) is 16.2 Å². The molecule has 0 unspecified atom stereocenters. The lowest BCUT2D eigenvalue weighted by atomic mass is 10.3. The van der Waals surface area contributed by atoms with E-state index in [-0.39, 0.29) is 17.3 Å². The van der Waals surface area contributed by atoms with Crippen molar-refractivity contribution in [2.45, 2.75) is 17.3 Å². The highest BCUT2D eigenvalue weighted by atomic mass is 32.2. The van der Waals surface area contributed by atoms with Crippen molar-refractivity contribution in [1.82, 2.24) is 19.4 Å². The van der Waals surface area contributed by atoms with Crippen molar-refractivity contribution in [2.75, 3.05) is 0 Å². The lowest BCUT2D eigenvalue weighted by Crippen LogP contribution is -2.30. The molecule has 0 aliphatic rings. The number of nitrogens with zero attached hydrogens (tertiary/aromatic N) is 4. The first-order chi connectivity index (χ1) is 13.6. The Morgan fingerprint density at radius 2 is 1.57 bits per heavy atom. The third kappa shape index (κ3) is 4.01. The van der Waals surface area contributed by atoms with Crippen LogP contribution in [0.2, 0.25) is 0 Å². The maximum atomic E-state index is 13.4. The van der Waals surface area contributed by atoms with E-state index in [1.807, 2.05) is 12.1 Å². The van der Waals surface area contributed by atoms with Crippen molar-refractivity contribution in [2.24, 2.45) is 0 Å². The topological polar surface area (TPSA) is 89.2 Å². The van der Waals surface area contributed by atoms with Gasteiger partial charge in [0.2, 0.25) is 0 Å². The molecule has 0 saturated carbocycles. The van der Waals surface area contributed by atoms with Crippen molar-refractivity contribution in [3.63, 3.8) is 0 Å². The van der Waals surface area contributed by atoms with Gasteiger partial charge in [-0.15, -0.1) is 11.3 Å². The summed E-state index contributed by atoms with van der Waals surface area (Å²) in [5, 5.41) is 3.87. The van der Waals surface area contributed by atoms with Crippen molar-refractivity contribution in [1.29, 1.82) is 0 Å². The van der Waals surface area contributed by atoms with Gasteiger partial charge < -0.3 is 4.52 Å². The van der Waals surface area contributed by atoms with Gasteiger partial charge in [-0.1, -0.05) is 17.3 Å². The quantitative estimate of drug-likeness (QED) is 0.461. The van der Waals surface area contributed by atoms with Crippen LogP contribution in [0.1, 0.15) is 11.4 Å². The average molecular weight is 412 g/mol. The Balaban J connectivity index is 1.67. The Morgan fingerprint density at radius 3 is 2.11 bits per heavy atom. The molecular formula is C19H16N4O3S2. The lowest BCUT2D eigenvalue weighted by molar-refractivity contribution is 0.394. The van der Waals surface area contributed by atoms with Gasteiger partial charge in [-0.2, -0.15) is 4.31 Å². The second-order valence-electron chi connectivity index (χ2n) is 5.92. The van der Waals surface area contributed by atoms with Gasteiger partial charge in [0.05, 0.1) is 29.4 Å². The fourth-order valence-corrected chi connectivity index (χ4v) is 5.44. The molecule has 4 rings (SSSR count). The second kappa shape index (κ2) is 8.01. The summed E-state index contributed by atoms with van der Waals surface area (Å²) in [5.41, 5.74) is 1.93. The normalized spacial score (nSPS) is 11.8. The van der Waals surface area contributed by atoms with Crippen LogP contribution in [0, 0.1) is 0 Å². The number of thiophene rings is 1. The smallest absolute Gasteiger partial charge is 0.253 e. The van der Waals surface area contributed by atoms with Crippen LogP contribution in [0.25, 0.3) is 10.6 Å². The summed E-state index contributed by atoms with van der Waals surface area (Å²) < 4.78 is 33.2. The van der Waals surface area contributed by atoms with Gasteiger partial charge in [0.25, 0.3) is 10.0 Å². The zero-order valence-electron chi connectivity index (χ0n) is 14.7. The minimum atomic E-state index is -3.75. The Morgan fingerprint density at radius 1 is 0.893 bits per heavy atom. The minimum absolute atomic E-state index is 0.150. The summed E-state index contributed by atoms with van der Waals surface area (Å²) in [5.74, 6) is 0. The molecule has 7 nitrogen and oxygen atoms in total. The zero-order valence-corrected chi connectivity index (χ0v) is 16.3. The first-order valence-electron chi connectivity index (χ1n) is 8.43. The maximum absolute atomic E-state index is 13.4. The molecule has 142 valence electrons.